The first-order chi connectivity index (χ1) is 8.41. The second-order valence-electron chi connectivity index (χ2n) is 5.30. The van der Waals surface area contributed by atoms with Crippen LogP contribution in [0.3, 0.4) is 0 Å². The summed E-state index contributed by atoms with van der Waals surface area (Å²) in [6, 6.07) is 0.606. The molecule has 0 radical (unpaired) electrons. The van der Waals surface area contributed by atoms with Crippen LogP contribution >= 0.6 is 0 Å². The van der Waals surface area contributed by atoms with Gasteiger partial charge in [-0.1, -0.05) is 0 Å². The van der Waals surface area contributed by atoms with Crippen molar-refractivity contribution in [3.63, 3.8) is 0 Å². The smallest absolute Gasteiger partial charge is 0.251 e. The van der Waals surface area contributed by atoms with Crippen LogP contribution in [-0.4, -0.2) is 87.8 Å². The molecule has 0 aromatic rings. The van der Waals surface area contributed by atoms with E-state index < -0.39 is 6.43 Å². The molecule has 1 unspecified atom stereocenters. The first-order valence-corrected chi connectivity index (χ1v) is 6.33. The zero-order valence-corrected chi connectivity index (χ0v) is 11.8. The largest absolute Gasteiger partial charge is 0.365 e. The van der Waals surface area contributed by atoms with Gasteiger partial charge in [-0.2, -0.15) is 0 Å². The fraction of sp³-hybridized carbons (Fsp3) is 1.00. The molecule has 0 aromatic heterocycles. The van der Waals surface area contributed by atoms with Crippen molar-refractivity contribution < 1.29 is 13.5 Å². The van der Waals surface area contributed by atoms with Gasteiger partial charge in [-0.15, -0.1) is 0 Å². The molecule has 2 atom stereocenters. The molecule has 4 nitrogen and oxygen atoms in total. The van der Waals surface area contributed by atoms with Crippen molar-refractivity contribution in [3.8, 4) is 0 Å². The standard InChI is InChI=1S/C12H25F2N3O/c1-15(2)5-6-18-9-17(4)11-7-10(11)16(3)8-12(13)14/h10-12H,5-9H2,1-4H3/t10-,11?/m1/s1. The van der Waals surface area contributed by atoms with E-state index in [0.29, 0.717) is 19.4 Å². The van der Waals surface area contributed by atoms with Gasteiger partial charge in [0.05, 0.1) is 19.9 Å². The normalized spacial score (nSPS) is 23.7. The van der Waals surface area contributed by atoms with E-state index in [2.05, 4.69) is 9.80 Å². The molecule has 18 heavy (non-hydrogen) atoms. The Morgan fingerprint density at radius 3 is 2.28 bits per heavy atom. The minimum Gasteiger partial charge on any atom is -0.365 e. The van der Waals surface area contributed by atoms with Crippen LogP contribution in [0.15, 0.2) is 0 Å². The molecule has 0 amide bonds. The molecule has 108 valence electrons. The number of halogens is 2. The van der Waals surface area contributed by atoms with Gasteiger partial charge in [0, 0.05) is 18.6 Å². The van der Waals surface area contributed by atoms with Crippen molar-refractivity contribution in [3.05, 3.63) is 0 Å². The van der Waals surface area contributed by atoms with Gasteiger partial charge in [-0.05, 0) is 34.6 Å². The van der Waals surface area contributed by atoms with Gasteiger partial charge in [0.2, 0.25) is 0 Å². The summed E-state index contributed by atoms with van der Waals surface area (Å²) in [5, 5.41) is 0. The van der Waals surface area contributed by atoms with Crippen LogP contribution in [-0.2, 0) is 4.74 Å². The first kappa shape index (κ1) is 15.8. The molecule has 1 fully saturated rings. The predicted molar refractivity (Wildman–Crippen MR) is 68.0 cm³/mol. The second-order valence-corrected chi connectivity index (χ2v) is 5.30. The third kappa shape index (κ3) is 5.56. The quantitative estimate of drug-likeness (QED) is 0.453. The van der Waals surface area contributed by atoms with Crippen molar-refractivity contribution in [2.24, 2.45) is 0 Å². The molecule has 0 bridgehead atoms. The van der Waals surface area contributed by atoms with E-state index in [-0.39, 0.29) is 12.6 Å². The molecule has 0 aliphatic heterocycles. The molecule has 0 spiro atoms. The third-order valence-corrected chi connectivity index (χ3v) is 3.26. The third-order valence-electron chi connectivity index (χ3n) is 3.26. The maximum atomic E-state index is 12.2. The number of likely N-dealkylation sites (N-methyl/N-ethyl adjacent to an activating group) is 3. The van der Waals surface area contributed by atoms with Crippen LogP contribution in [0.1, 0.15) is 6.42 Å². The molecule has 0 saturated heterocycles. The summed E-state index contributed by atoms with van der Waals surface area (Å²) >= 11 is 0. The summed E-state index contributed by atoms with van der Waals surface area (Å²) in [7, 11) is 7.75. The molecular formula is C12H25F2N3O. The summed E-state index contributed by atoms with van der Waals surface area (Å²) in [5.74, 6) is 0. The summed E-state index contributed by atoms with van der Waals surface area (Å²) < 4.78 is 30.0. The molecule has 1 saturated carbocycles. The lowest BCUT2D eigenvalue weighted by atomic mass is 10.5. The molecule has 1 aliphatic rings. The van der Waals surface area contributed by atoms with Crippen LogP contribution < -0.4 is 0 Å². The van der Waals surface area contributed by atoms with E-state index >= 15 is 0 Å². The Morgan fingerprint density at radius 1 is 1.11 bits per heavy atom. The van der Waals surface area contributed by atoms with E-state index in [1.54, 1.807) is 11.9 Å². The average molecular weight is 265 g/mol. The minimum atomic E-state index is -2.25. The molecule has 1 aliphatic carbocycles. The topological polar surface area (TPSA) is 19.0 Å². The lowest BCUT2D eigenvalue weighted by molar-refractivity contribution is 0.0255. The molecule has 1 rings (SSSR count). The van der Waals surface area contributed by atoms with E-state index in [9.17, 15) is 8.78 Å². The summed E-state index contributed by atoms with van der Waals surface area (Å²) in [5.41, 5.74) is 0. The second kappa shape index (κ2) is 7.33. The Balaban J connectivity index is 2.11. The number of alkyl halides is 2. The SMILES string of the molecule is CN(C)CCOCN(C)C1C[C@H]1N(C)CC(F)F. The van der Waals surface area contributed by atoms with Crippen molar-refractivity contribution >= 4 is 0 Å². The Morgan fingerprint density at radius 2 is 1.72 bits per heavy atom. The summed E-state index contributed by atoms with van der Waals surface area (Å²) in [6.45, 7) is 2.02. The fourth-order valence-electron chi connectivity index (χ4n) is 2.02. The molecule has 6 heteroatoms. The van der Waals surface area contributed by atoms with Gasteiger partial charge >= 0.3 is 0 Å². The van der Waals surface area contributed by atoms with Crippen molar-refractivity contribution in [2.75, 3.05) is 54.6 Å². The molecular weight excluding hydrogens is 240 g/mol. The van der Waals surface area contributed by atoms with Gasteiger partial charge in [0.1, 0.15) is 0 Å². The maximum Gasteiger partial charge on any atom is 0.251 e. The van der Waals surface area contributed by atoms with Gasteiger partial charge < -0.3 is 9.64 Å². The van der Waals surface area contributed by atoms with Crippen LogP contribution in [0.5, 0.6) is 0 Å². The molecule has 0 heterocycles. The number of nitrogens with zero attached hydrogens (tertiary/aromatic N) is 3. The highest BCUT2D eigenvalue weighted by atomic mass is 19.3. The van der Waals surface area contributed by atoms with Gasteiger partial charge in [0.15, 0.2) is 0 Å². The van der Waals surface area contributed by atoms with Gasteiger partial charge in [-0.3, -0.25) is 9.80 Å². The zero-order valence-electron chi connectivity index (χ0n) is 11.8. The van der Waals surface area contributed by atoms with Crippen LogP contribution in [0, 0.1) is 0 Å². The Labute approximate surface area is 108 Å². The van der Waals surface area contributed by atoms with Crippen LogP contribution in [0.25, 0.3) is 0 Å². The zero-order chi connectivity index (χ0) is 13.7. The highest BCUT2D eigenvalue weighted by molar-refractivity contribution is 5.00. The maximum absolute atomic E-state index is 12.2. The van der Waals surface area contributed by atoms with E-state index in [4.69, 9.17) is 4.74 Å². The van der Waals surface area contributed by atoms with Gasteiger partial charge in [-0.25, -0.2) is 8.78 Å². The number of rotatable bonds is 9. The number of hydrogen-bond donors (Lipinski definition) is 0. The van der Waals surface area contributed by atoms with Crippen LogP contribution in [0.2, 0.25) is 0 Å². The lowest BCUT2D eigenvalue weighted by Crippen LogP contribution is -2.35. The minimum absolute atomic E-state index is 0.142. The highest BCUT2D eigenvalue weighted by Gasteiger charge is 2.43. The monoisotopic (exact) mass is 265 g/mol. The van der Waals surface area contributed by atoms with E-state index in [1.807, 2.05) is 21.1 Å². The number of ether oxygens (including phenoxy) is 1. The van der Waals surface area contributed by atoms with Crippen molar-refractivity contribution in [1.29, 1.82) is 0 Å². The predicted octanol–water partition coefficient (Wildman–Crippen LogP) is 0.792. The fourth-order valence-corrected chi connectivity index (χ4v) is 2.02. The summed E-state index contributed by atoms with van der Waals surface area (Å²) in [6.07, 6.45) is -1.30. The number of hydrogen-bond acceptors (Lipinski definition) is 4. The Kier molecular flexibility index (Phi) is 6.42. The van der Waals surface area contributed by atoms with E-state index in [1.165, 1.54) is 0 Å². The average Bonchev–Trinajstić information content (AvgIpc) is 3.02. The molecule has 0 aromatic carbocycles. The lowest BCUT2D eigenvalue weighted by Gasteiger charge is -2.21. The summed E-state index contributed by atoms with van der Waals surface area (Å²) in [4.78, 5) is 5.91. The van der Waals surface area contributed by atoms with Crippen molar-refractivity contribution in [2.45, 2.75) is 24.9 Å². The highest BCUT2D eigenvalue weighted by Crippen LogP contribution is 2.31. The molecule has 0 N–H and O–H groups in total. The van der Waals surface area contributed by atoms with Crippen LogP contribution in [0.4, 0.5) is 8.78 Å². The Bertz CT molecular complexity index is 241. The Hall–Kier alpha value is -0.300. The van der Waals surface area contributed by atoms with E-state index in [0.717, 1.165) is 13.0 Å². The van der Waals surface area contributed by atoms with Gasteiger partial charge in [0.25, 0.3) is 6.43 Å². The first-order valence-electron chi connectivity index (χ1n) is 6.33. The van der Waals surface area contributed by atoms with Crippen molar-refractivity contribution in [1.82, 2.24) is 14.7 Å².